The molecule has 0 spiro atoms. The molecule has 0 aliphatic heterocycles. The maximum absolute atomic E-state index is 12.6. The van der Waals surface area contributed by atoms with Crippen LogP contribution in [0.1, 0.15) is 27.6 Å². The number of aliphatic hydroxyl groups excluding tert-OH is 4. The van der Waals surface area contributed by atoms with E-state index in [1.807, 2.05) is 0 Å². The quantitative estimate of drug-likeness (QED) is 0.159. The molecule has 2 unspecified atom stereocenters. The molecule has 0 saturated carbocycles. The summed E-state index contributed by atoms with van der Waals surface area (Å²) in [6.45, 7) is -1.05. The van der Waals surface area contributed by atoms with Gasteiger partial charge in [-0.2, -0.15) is 0 Å². The second-order valence-electron chi connectivity index (χ2n) is 5.48. The van der Waals surface area contributed by atoms with Gasteiger partial charge in [-0.15, -0.1) is 0 Å². The molecule has 1 rings (SSSR count). The molecule has 4 N–H and O–H groups in total. The monoisotopic (exact) mass is 750 g/mol. The minimum Gasteiger partial charge on any atom is -0.459 e. The first-order valence-electron chi connectivity index (χ1n) is 7.86. The van der Waals surface area contributed by atoms with Gasteiger partial charge in [0.1, 0.15) is 25.4 Å². The lowest BCUT2D eigenvalue weighted by Crippen LogP contribution is -2.25. The van der Waals surface area contributed by atoms with Gasteiger partial charge in [-0.25, -0.2) is 9.59 Å². The number of esters is 3. The van der Waals surface area contributed by atoms with E-state index in [9.17, 15) is 24.6 Å². The summed E-state index contributed by atoms with van der Waals surface area (Å²) in [4.78, 5) is 36.6. The molecule has 0 aromatic heterocycles. The summed E-state index contributed by atoms with van der Waals surface area (Å²) in [5.74, 6) is -2.57. The van der Waals surface area contributed by atoms with E-state index < -0.39 is 56.5 Å². The third-order valence-corrected chi connectivity index (χ3v) is 6.30. The van der Waals surface area contributed by atoms with Crippen LogP contribution in [0.4, 0.5) is 0 Å². The number of hydrogen-bond donors (Lipinski definition) is 4. The summed E-state index contributed by atoms with van der Waals surface area (Å²) in [5, 5.41) is 36.4. The lowest BCUT2D eigenvalue weighted by atomic mass is 10.1. The van der Waals surface area contributed by atoms with E-state index in [2.05, 4.69) is 0 Å². The number of carbonyl (C=O) groups excluding carboxylic acids is 3. The predicted molar refractivity (Wildman–Crippen MR) is 123 cm³/mol. The molecule has 29 heavy (non-hydrogen) atoms. The molecule has 10 nitrogen and oxygen atoms in total. The molecule has 0 aliphatic rings. The first-order chi connectivity index (χ1) is 13.5. The van der Waals surface area contributed by atoms with Crippen LogP contribution in [0, 0.1) is 10.7 Å². The largest absolute Gasteiger partial charge is 0.459 e. The Morgan fingerprint density at radius 2 is 1.21 bits per heavy atom. The Labute approximate surface area is 206 Å². The average Bonchev–Trinajstić information content (AvgIpc) is 2.67. The molecule has 0 fully saturated rings. The van der Waals surface area contributed by atoms with Gasteiger partial charge in [0.2, 0.25) is 0 Å². The van der Waals surface area contributed by atoms with Crippen LogP contribution < -0.4 is 4.74 Å². The topological polar surface area (TPSA) is 160 Å². The summed E-state index contributed by atoms with van der Waals surface area (Å²) in [7, 11) is 0. The van der Waals surface area contributed by atoms with Crippen molar-refractivity contribution < 1.29 is 49.0 Å². The third-order valence-electron chi connectivity index (χ3n) is 3.17. The Bertz CT molecular complexity index is 730. The fourth-order valence-electron chi connectivity index (χ4n) is 1.83. The Hall–Kier alpha value is -0.340. The first kappa shape index (κ1) is 26.7. The molecule has 0 bridgehead atoms. The van der Waals surface area contributed by atoms with Gasteiger partial charge in [-0.05, 0) is 67.8 Å². The van der Waals surface area contributed by atoms with Crippen LogP contribution in [-0.4, -0.2) is 77.0 Å². The second-order valence-corrected chi connectivity index (χ2v) is 8.72. The van der Waals surface area contributed by atoms with Gasteiger partial charge in [-0.3, -0.25) is 4.79 Å². The minimum absolute atomic E-state index is 0.0524. The Kier molecular flexibility index (Phi) is 11.5. The number of rotatable bonds is 9. The van der Waals surface area contributed by atoms with Crippen molar-refractivity contribution in [1.82, 2.24) is 0 Å². The number of benzene rings is 1. The predicted octanol–water partition coefficient (Wildman–Crippen LogP) is 0.446. The standard InChI is InChI=1S/C16H17I3O10/c1-6(22)29-14-12(18)9(15(25)27-4-7(23)2-20)11(17)10(13(14)19)16(26)28-5-8(24)3-21/h7-8,20-21,23-24H,2-5H2,1H3. The van der Waals surface area contributed by atoms with E-state index in [0.717, 1.165) is 6.92 Å². The molecule has 13 heteroatoms. The molecule has 162 valence electrons. The van der Waals surface area contributed by atoms with Gasteiger partial charge in [0.15, 0.2) is 5.75 Å². The summed E-state index contributed by atoms with van der Waals surface area (Å²) in [6.07, 6.45) is -2.56. The molecule has 0 radical (unpaired) electrons. The molecule has 0 heterocycles. The van der Waals surface area contributed by atoms with Crippen molar-refractivity contribution in [3.05, 3.63) is 21.8 Å². The van der Waals surface area contributed by atoms with Gasteiger partial charge < -0.3 is 34.6 Å². The number of hydrogen-bond acceptors (Lipinski definition) is 10. The van der Waals surface area contributed by atoms with Gasteiger partial charge in [0, 0.05) is 10.5 Å². The number of ether oxygens (including phenoxy) is 3. The van der Waals surface area contributed by atoms with Crippen molar-refractivity contribution in [2.24, 2.45) is 0 Å². The normalized spacial score (nSPS) is 12.8. The lowest BCUT2D eigenvalue weighted by Gasteiger charge is -2.18. The first-order valence-corrected chi connectivity index (χ1v) is 11.1. The molecule has 0 saturated heterocycles. The highest BCUT2D eigenvalue weighted by atomic mass is 127. The van der Waals surface area contributed by atoms with Crippen LogP contribution in [-0.2, 0) is 14.3 Å². The maximum Gasteiger partial charge on any atom is 0.340 e. The fourth-order valence-corrected chi connectivity index (χ4v) is 6.09. The summed E-state index contributed by atoms with van der Waals surface area (Å²) < 4.78 is 15.6. The van der Waals surface area contributed by atoms with Gasteiger partial charge in [-0.1, -0.05) is 0 Å². The average molecular weight is 750 g/mol. The van der Waals surface area contributed by atoms with Crippen molar-refractivity contribution >= 4 is 85.7 Å². The summed E-state index contributed by atoms with van der Waals surface area (Å²) in [5.41, 5.74) is -0.190. The fraction of sp³-hybridized carbons (Fsp3) is 0.438. The van der Waals surface area contributed by atoms with E-state index in [0.29, 0.717) is 0 Å². The van der Waals surface area contributed by atoms with Crippen molar-refractivity contribution in [2.45, 2.75) is 19.1 Å². The minimum atomic E-state index is -1.28. The Balaban J connectivity index is 3.45. The van der Waals surface area contributed by atoms with Crippen LogP contribution >= 0.6 is 67.8 Å². The van der Waals surface area contributed by atoms with E-state index in [4.69, 9.17) is 24.4 Å². The van der Waals surface area contributed by atoms with Crippen molar-refractivity contribution in [3.63, 3.8) is 0 Å². The molecule has 1 aromatic carbocycles. The highest BCUT2D eigenvalue weighted by Gasteiger charge is 2.31. The van der Waals surface area contributed by atoms with Crippen LogP contribution in [0.5, 0.6) is 5.75 Å². The highest BCUT2D eigenvalue weighted by molar-refractivity contribution is 14.1. The number of aliphatic hydroxyl groups is 4. The van der Waals surface area contributed by atoms with E-state index in [1.165, 1.54) is 0 Å². The second kappa shape index (κ2) is 12.5. The molecule has 0 amide bonds. The van der Waals surface area contributed by atoms with Gasteiger partial charge in [0.05, 0.1) is 31.5 Å². The SMILES string of the molecule is CC(=O)Oc1c(I)c(C(=O)OCC(O)CO)c(I)c(C(=O)OCC(O)CO)c1I. The molecule has 0 aliphatic carbocycles. The van der Waals surface area contributed by atoms with Crippen molar-refractivity contribution in [2.75, 3.05) is 26.4 Å². The molecule has 1 aromatic rings. The van der Waals surface area contributed by atoms with Crippen molar-refractivity contribution in [1.29, 1.82) is 0 Å². The van der Waals surface area contributed by atoms with Crippen LogP contribution in [0.2, 0.25) is 0 Å². The Morgan fingerprint density at radius 1 is 0.828 bits per heavy atom. The van der Waals surface area contributed by atoms with Gasteiger partial charge in [0.25, 0.3) is 0 Å². The number of carbonyl (C=O) groups is 3. The Morgan fingerprint density at radius 3 is 1.52 bits per heavy atom. The van der Waals surface area contributed by atoms with Crippen LogP contribution in [0.25, 0.3) is 0 Å². The third kappa shape index (κ3) is 7.39. The van der Waals surface area contributed by atoms with E-state index in [-0.39, 0.29) is 27.6 Å². The molecular weight excluding hydrogens is 733 g/mol. The van der Waals surface area contributed by atoms with Crippen LogP contribution in [0.3, 0.4) is 0 Å². The smallest absolute Gasteiger partial charge is 0.340 e. The lowest BCUT2D eigenvalue weighted by molar-refractivity contribution is -0.132. The van der Waals surface area contributed by atoms with Gasteiger partial charge >= 0.3 is 17.9 Å². The van der Waals surface area contributed by atoms with Crippen LogP contribution in [0.15, 0.2) is 0 Å². The summed E-state index contributed by atoms with van der Waals surface area (Å²) >= 11 is 5.25. The zero-order chi connectivity index (χ0) is 22.3. The highest BCUT2D eigenvalue weighted by Crippen LogP contribution is 2.38. The zero-order valence-corrected chi connectivity index (χ0v) is 21.3. The van der Waals surface area contributed by atoms with Crippen molar-refractivity contribution in [3.8, 4) is 5.75 Å². The summed E-state index contributed by atoms with van der Waals surface area (Å²) in [6, 6.07) is 0. The maximum atomic E-state index is 12.6. The van der Waals surface area contributed by atoms with E-state index in [1.54, 1.807) is 67.8 Å². The zero-order valence-electron chi connectivity index (χ0n) is 14.9. The molecular formula is C16H17I3O10. The number of halogens is 3. The molecule has 2 atom stereocenters. The van der Waals surface area contributed by atoms with E-state index >= 15 is 0 Å².